The van der Waals surface area contributed by atoms with E-state index >= 15 is 0 Å². The molecule has 1 aliphatic carbocycles. The molecule has 2 N–H and O–H groups in total. The van der Waals surface area contributed by atoms with Crippen LogP contribution in [0.1, 0.15) is 26.2 Å². The van der Waals surface area contributed by atoms with E-state index in [0.717, 1.165) is 6.42 Å². The van der Waals surface area contributed by atoms with Crippen LogP contribution >= 0.6 is 0 Å². The summed E-state index contributed by atoms with van der Waals surface area (Å²) in [6.45, 7) is 2.10. The van der Waals surface area contributed by atoms with Gasteiger partial charge >= 0.3 is 11.7 Å². The van der Waals surface area contributed by atoms with E-state index < -0.39 is 10.9 Å². The zero-order valence-electron chi connectivity index (χ0n) is 11.7. The lowest BCUT2D eigenvalue weighted by atomic mass is 10.1. The number of hydrogen-bond donors (Lipinski definition) is 2. The van der Waals surface area contributed by atoms with Gasteiger partial charge < -0.3 is 15.2 Å². The second kappa shape index (κ2) is 6.43. The molecule has 1 fully saturated rings. The number of carboxylic acids is 1. The number of ether oxygens (including phenoxy) is 1. The Kier molecular flexibility index (Phi) is 4.62. The minimum absolute atomic E-state index is 0.0713. The van der Waals surface area contributed by atoms with Crippen molar-refractivity contribution in [2.45, 2.75) is 32.2 Å². The van der Waals surface area contributed by atoms with Crippen molar-refractivity contribution in [2.24, 2.45) is 5.92 Å². The number of nitro groups is 1. The summed E-state index contributed by atoms with van der Waals surface area (Å²) in [5.41, 5.74) is 0.636. The van der Waals surface area contributed by atoms with E-state index in [4.69, 9.17) is 9.84 Å². The fraction of sp³-hybridized carbons (Fsp3) is 0.500. The molecule has 0 bridgehead atoms. The second-order valence-corrected chi connectivity index (χ2v) is 5.06. The quantitative estimate of drug-likeness (QED) is 0.617. The lowest BCUT2D eigenvalue weighted by Gasteiger charge is -2.15. The molecule has 114 valence electrons. The zero-order valence-corrected chi connectivity index (χ0v) is 11.7. The van der Waals surface area contributed by atoms with Gasteiger partial charge in [0.2, 0.25) is 0 Å². The van der Waals surface area contributed by atoms with Crippen molar-refractivity contribution >= 4 is 17.3 Å². The molecule has 2 unspecified atom stereocenters. The number of rotatable bonds is 6. The van der Waals surface area contributed by atoms with Gasteiger partial charge in [-0.05, 0) is 32.3 Å². The van der Waals surface area contributed by atoms with Gasteiger partial charge in [0.25, 0.3) is 0 Å². The maximum Gasteiger partial charge on any atom is 0.311 e. The van der Waals surface area contributed by atoms with E-state index in [0.29, 0.717) is 25.1 Å². The Balaban J connectivity index is 2.09. The van der Waals surface area contributed by atoms with Crippen LogP contribution in [0.3, 0.4) is 0 Å². The Morgan fingerprint density at radius 2 is 2.29 bits per heavy atom. The van der Waals surface area contributed by atoms with Crippen LogP contribution in [0.4, 0.5) is 11.4 Å². The van der Waals surface area contributed by atoms with Gasteiger partial charge in [0.05, 0.1) is 17.4 Å². The van der Waals surface area contributed by atoms with Crippen LogP contribution in [0.5, 0.6) is 5.75 Å². The molecule has 0 aromatic heterocycles. The highest BCUT2D eigenvalue weighted by molar-refractivity contribution is 5.70. The van der Waals surface area contributed by atoms with Crippen molar-refractivity contribution in [3.8, 4) is 5.75 Å². The summed E-state index contributed by atoms with van der Waals surface area (Å²) in [7, 11) is 0. The molecule has 0 radical (unpaired) electrons. The van der Waals surface area contributed by atoms with E-state index in [1.165, 1.54) is 6.07 Å². The van der Waals surface area contributed by atoms with Gasteiger partial charge in [0, 0.05) is 23.9 Å². The summed E-state index contributed by atoms with van der Waals surface area (Å²) in [6, 6.07) is 4.68. The molecular weight excluding hydrogens is 276 g/mol. The number of hydrogen-bond acceptors (Lipinski definition) is 5. The number of benzene rings is 1. The summed E-state index contributed by atoms with van der Waals surface area (Å²) < 4.78 is 5.29. The number of nitro benzene ring substituents is 1. The standard InChI is InChI=1S/C14H18N2O5/c1-2-21-13-8-11(5-6-12(13)16(19)20)15-10-4-3-9(7-10)14(17)18/h5-6,8-10,15H,2-4,7H2,1H3,(H,17,18). The maximum absolute atomic E-state index is 10.9. The molecule has 7 nitrogen and oxygen atoms in total. The Bertz CT molecular complexity index is 546. The Morgan fingerprint density at radius 1 is 1.52 bits per heavy atom. The SMILES string of the molecule is CCOc1cc(NC2CCC(C(=O)O)C2)ccc1[N+](=O)[O-]. The molecule has 21 heavy (non-hydrogen) atoms. The van der Waals surface area contributed by atoms with Gasteiger partial charge in [0.15, 0.2) is 5.75 Å². The van der Waals surface area contributed by atoms with Crippen LogP contribution < -0.4 is 10.1 Å². The molecule has 1 aromatic carbocycles. The molecule has 0 aliphatic heterocycles. The van der Waals surface area contributed by atoms with Crippen molar-refractivity contribution < 1.29 is 19.6 Å². The van der Waals surface area contributed by atoms with Crippen molar-refractivity contribution in [2.75, 3.05) is 11.9 Å². The van der Waals surface area contributed by atoms with Gasteiger partial charge in [-0.3, -0.25) is 14.9 Å². The molecule has 2 rings (SSSR count). The average molecular weight is 294 g/mol. The number of carbonyl (C=O) groups is 1. The van der Waals surface area contributed by atoms with E-state index in [1.54, 1.807) is 19.1 Å². The largest absolute Gasteiger partial charge is 0.487 e. The third kappa shape index (κ3) is 3.62. The molecule has 1 saturated carbocycles. The number of carboxylic acid groups (broad SMARTS) is 1. The summed E-state index contributed by atoms with van der Waals surface area (Å²) >= 11 is 0. The first-order chi connectivity index (χ1) is 10.0. The van der Waals surface area contributed by atoms with E-state index in [1.807, 2.05) is 0 Å². The lowest BCUT2D eigenvalue weighted by molar-refractivity contribution is -0.385. The monoisotopic (exact) mass is 294 g/mol. The Labute approximate surface area is 122 Å². The lowest BCUT2D eigenvalue weighted by Crippen LogP contribution is -2.17. The van der Waals surface area contributed by atoms with Crippen molar-refractivity contribution in [3.63, 3.8) is 0 Å². The van der Waals surface area contributed by atoms with Crippen LogP contribution in [0.2, 0.25) is 0 Å². The zero-order chi connectivity index (χ0) is 15.4. The van der Waals surface area contributed by atoms with E-state index in [2.05, 4.69) is 5.32 Å². The Morgan fingerprint density at radius 3 is 2.86 bits per heavy atom. The molecular formula is C14H18N2O5. The normalized spacial score (nSPS) is 21.0. The topological polar surface area (TPSA) is 102 Å². The maximum atomic E-state index is 10.9. The number of aliphatic carboxylic acids is 1. The first-order valence-corrected chi connectivity index (χ1v) is 6.91. The number of nitrogens with one attached hydrogen (secondary N) is 1. The van der Waals surface area contributed by atoms with Gasteiger partial charge in [-0.15, -0.1) is 0 Å². The third-order valence-electron chi connectivity index (χ3n) is 3.61. The number of anilines is 1. The van der Waals surface area contributed by atoms with Crippen molar-refractivity contribution in [1.29, 1.82) is 0 Å². The average Bonchev–Trinajstić information content (AvgIpc) is 2.88. The summed E-state index contributed by atoms with van der Waals surface area (Å²) in [5.74, 6) is -0.856. The summed E-state index contributed by atoms with van der Waals surface area (Å²) in [4.78, 5) is 21.4. The van der Waals surface area contributed by atoms with Crippen LogP contribution in [0.15, 0.2) is 18.2 Å². The Hall–Kier alpha value is -2.31. The van der Waals surface area contributed by atoms with E-state index in [-0.39, 0.29) is 23.4 Å². The molecule has 2 atom stereocenters. The fourth-order valence-electron chi connectivity index (χ4n) is 2.60. The predicted molar refractivity (Wildman–Crippen MR) is 76.7 cm³/mol. The molecule has 7 heteroatoms. The van der Waals surface area contributed by atoms with Crippen molar-refractivity contribution in [3.05, 3.63) is 28.3 Å². The molecule has 0 spiro atoms. The van der Waals surface area contributed by atoms with Gasteiger partial charge in [0.1, 0.15) is 0 Å². The highest BCUT2D eigenvalue weighted by atomic mass is 16.6. The van der Waals surface area contributed by atoms with Crippen molar-refractivity contribution in [1.82, 2.24) is 0 Å². The van der Waals surface area contributed by atoms with Crippen LogP contribution in [-0.2, 0) is 4.79 Å². The van der Waals surface area contributed by atoms with Gasteiger partial charge in [-0.25, -0.2) is 0 Å². The van der Waals surface area contributed by atoms with Crippen LogP contribution in [0.25, 0.3) is 0 Å². The van der Waals surface area contributed by atoms with Gasteiger partial charge in [-0.2, -0.15) is 0 Å². The highest BCUT2D eigenvalue weighted by Crippen LogP contribution is 2.33. The summed E-state index contributed by atoms with van der Waals surface area (Å²) in [5, 5.41) is 23.1. The third-order valence-corrected chi connectivity index (χ3v) is 3.61. The second-order valence-electron chi connectivity index (χ2n) is 5.06. The molecule has 0 amide bonds. The number of nitrogens with zero attached hydrogens (tertiary/aromatic N) is 1. The minimum atomic E-state index is -0.766. The first-order valence-electron chi connectivity index (χ1n) is 6.91. The molecule has 1 aromatic rings. The summed E-state index contributed by atoms with van der Waals surface area (Å²) in [6.07, 6.45) is 1.99. The van der Waals surface area contributed by atoms with Crippen LogP contribution in [0, 0.1) is 16.0 Å². The predicted octanol–water partition coefficient (Wildman–Crippen LogP) is 2.66. The van der Waals surface area contributed by atoms with Crippen LogP contribution in [-0.4, -0.2) is 28.6 Å². The molecule has 0 saturated heterocycles. The smallest absolute Gasteiger partial charge is 0.311 e. The minimum Gasteiger partial charge on any atom is -0.487 e. The molecule has 1 aliphatic rings. The molecule has 0 heterocycles. The highest BCUT2D eigenvalue weighted by Gasteiger charge is 2.29. The first kappa shape index (κ1) is 15.1. The fourth-order valence-corrected chi connectivity index (χ4v) is 2.60. The van der Waals surface area contributed by atoms with E-state index in [9.17, 15) is 14.9 Å². The van der Waals surface area contributed by atoms with Gasteiger partial charge in [-0.1, -0.05) is 0 Å².